The van der Waals surface area contributed by atoms with Crippen LogP contribution in [0.2, 0.25) is 0 Å². The number of hydrogen-bond donors (Lipinski definition) is 1. The molecule has 2 atom stereocenters. The van der Waals surface area contributed by atoms with Crippen molar-refractivity contribution in [3.63, 3.8) is 0 Å². The Hall–Kier alpha value is 0.270. The standard InChI is InChI=1S/C10H21NOS/c1-9(13-2)6-11-7-10-4-3-5-12-8-10/h9-11H,3-8H2,1-2H3. The zero-order chi connectivity index (χ0) is 9.52. The summed E-state index contributed by atoms with van der Waals surface area (Å²) in [5.74, 6) is 0.753. The maximum Gasteiger partial charge on any atom is 0.0506 e. The van der Waals surface area contributed by atoms with Crippen LogP contribution in [0.5, 0.6) is 0 Å². The van der Waals surface area contributed by atoms with Gasteiger partial charge >= 0.3 is 0 Å². The van der Waals surface area contributed by atoms with Gasteiger partial charge in [-0.1, -0.05) is 6.92 Å². The van der Waals surface area contributed by atoms with Crippen LogP contribution in [0.1, 0.15) is 19.8 Å². The highest BCUT2D eigenvalue weighted by molar-refractivity contribution is 7.99. The third-order valence-corrected chi connectivity index (χ3v) is 3.49. The first-order valence-corrected chi connectivity index (χ1v) is 6.43. The first-order valence-electron chi connectivity index (χ1n) is 5.14. The summed E-state index contributed by atoms with van der Waals surface area (Å²) in [6, 6.07) is 0. The molecule has 0 spiro atoms. The largest absolute Gasteiger partial charge is 0.381 e. The summed E-state index contributed by atoms with van der Waals surface area (Å²) in [4.78, 5) is 0. The predicted octanol–water partition coefficient (Wildman–Crippen LogP) is 1.75. The fraction of sp³-hybridized carbons (Fsp3) is 1.00. The van der Waals surface area contributed by atoms with E-state index in [9.17, 15) is 0 Å². The molecule has 1 saturated heterocycles. The first-order chi connectivity index (χ1) is 6.33. The second-order valence-electron chi connectivity index (χ2n) is 3.79. The highest BCUT2D eigenvalue weighted by Gasteiger charge is 2.13. The van der Waals surface area contributed by atoms with Gasteiger partial charge in [-0.25, -0.2) is 0 Å². The molecule has 3 heteroatoms. The van der Waals surface area contributed by atoms with E-state index in [0.717, 1.165) is 37.5 Å². The van der Waals surface area contributed by atoms with Crippen LogP contribution in [-0.2, 0) is 4.74 Å². The zero-order valence-corrected chi connectivity index (χ0v) is 9.53. The number of thioether (sulfide) groups is 1. The van der Waals surface area contributed by atoms with Crippen LogP contribution in [0.3, 0.4) is 0 Å². The van der Waals surface area contributed by atoms with Gasteiger partial charge in [0.05, 0.1) is 6.61 Å². The van der Waals surface area contributed by atoms with Crippen LogP contribution >= 0.6 is 11.8 Å². The Morgan fingerprint density at radius 3 is 3.08 bits per heavy atom. The monoisotopic (exact) mass is 203 g/mol. The van der Waals surface area contributed by atoms with Gasteiger partial charge in [0.1, 0.15) is 0 Å². The van der Waals surface area contributed by atoms with Gasteiger partial charge in [0.2, 0.25) is 0 Å². The maximum atomic E-state index is 5.42. The lowest BCUT2D eigenvalue weighted by molar-refractivity contribution is 0.0550. The highest BCUT2D eigenvalue weighted by Crippen LogP contribution is 2.12. The fourth-order valence-corrected chi connectivity index (χ4v) is 1.83. The van der Waals surface area contributed by atoms with Gasteiger partial charge < -0.3 is 10.1 Å². The van der Waals surface area contributed by atoms with E-state index >= 15 is 0 Å². The predicted molar refractivity (Wildman–Crippen MR) is 59.4 cm³/mol. The van der Waals surface area contributed by atoms with Crippen molar-refractivity contribution in [2.75, 3.05) is 32.6 Å². The minimum atomic E-state index is 0.726. The van der Waals surface area contributed by atoms with Gasteiger partial charge in [-0.15, -0.1) is 0 Å². The molecule has 0 radical (unpaired) electrons. The highest BCUT2D eigenvalue weighted by atomic mass is 32.2. The number of nitrogens with one attached hydrogen (secondary N) is 1. The molecule has 0 aromatic rings. The molecule has 1 aliphatic heterocycles. The summed E-state index contributed by atoms with van der Waals surface area (Å²) in [6.45, 7) is 6.44. The molecule has 0 amide bonds. The molecule has 0 saturated carbocycles. The van der Waals surface area contributed by atoms with Crippen molar-refractivity contribution in [3.05, 3.63) is 0 Å². The van der Waals surface area contributed by atoms with Crippen LogP contribution < -0.4 is 5.32 Å². The molecule has 1 fully saturated rings. The van der Waals surface area contributed by atoms with Crippen LogP contribution in [0.4, 0.5) is 0 Å². The molecule has 0 bridgehead atoms. The average molecular weight is 203 g/mol. The second-order valence-corrected chi connectivity index (χ2v) is 5.06. The summed E-state index contributed by atoms with van der Waals surface area (Å²) >= 11 is 1.92. The molecular formula is C10H21NOS. The lowest BCUT2D eigenvalue weighted by Gasteiger charge is -2.22. The van der Waals surface area contributed by atoms with Gasteiger partial charge in [-0.3, -0.25) is 0 Å². The topological polar surface area (TPSA) is 21.3 Å². The molecule has 78 valence electrons. The smallest absolute Gasteiger partial charge is 0.0506 e. The second kappa shape index (κ2) is 6.68. The van der Waals surface area contributed by atoms with E-state index in [1.165, 1.54) is 12.8 Å². The van der Waals surface area contributed by atoms with Crippen molar-refractivity contribution in [2.24, 2.45) is 5.92 Å². The van der Waals surface area contributed by atoms with E-state index in [-0.39, 0.29) is 0 Å². The van der Waals surface area contributed by atoms with E-state index in [2.05, 4.69) is 18.5 Å². The Morgan fingerprint density at radius 2 is 2.46 bits per heavy atom. The van der Waals surface area contributed by atoms with Crippen molar-refractivity contribution >= 4 is 11.8 Å². The Morgan fingerprint density at radius 1 is 1.62 bits per heavy atom. The molecular weight excluding hydrogens is 182 g/mol. The third kappa shape index (κ3) is 4.89. The van der Waals surface area contributed by atoms with E-state index in [1.807, 2.05) is 11.8 Å². The van der Waals surface area contributed by atoms with Gasteiger partial charge in [0, 0.05) is 24.9 Å². The quantitative estimate of drug-likeness (QED) is 0.735. The molecule has 1 rings (SSSR count). The fourth-order valence-electron chi connectivity index (χ4n) is 1.54. The van der Waals surface area contributed by atoms with Gasteiger partial charge in [0.25, 0.3) is 0 Å². The van der Waals surface area contributed by atoms with Crippen LogP contribution in [0, 0.1) is 5.92 Å². The molecule has 1 heterocycles. The van der Waals surface area contributed by atoms with Crippen molar-refractivity contribution in [1.82, 2.24) is 5.32 Å². The molecule has 1 aliphatic rings. The zero-order valence-electron chi connectivity index (χ0n) is 8.71. The average Bonchev–Trinajstić information content (AvgIpc) is 2.19. The molecule has 2 nitrogen and oxygen atoms in total. The number of rotatable bonds is 5. The minimum absolute atomic E-state index is 0.726. The first kappa shape index (κ1) is 11.3. The molecule has 1 N–H and O–H groups in total. The summed E-state index contributed by atoms with van der Waals surface area (Å²) in [6.07, 6.45) is 4.74. The molecule has 2 unspecified atom stereocenters. The normalized spacial score (nSPS) is 25.8. The Labute approximate surface area is 85.8 Å². The van der Waals surface area contributed by atoms with Crippen molar-refractivity contribution < 1.29 is 4.74 Å². The number of ether oxygens (including phenoxy) is 1. The van der Waals surface area contributed by atoms with Crippen molar-refractivity contribution in [1.29, 1.82) is 0 Å². The maximum absolute atomic E-state index is 5.42. The Balaban J connectivity index is 1.98. The van der Waals surface area contributed by atoms with Gasteiger partial charge in [0.15, 0.2) is 0 Å². The van der Waals surface area contributed by atoms with E-state index in [0.29, 0.717) is 0 Å². The third-order valence-electron chi connectivity index (χ3n) is 2.52. The van der Waals surface area contributed by atoms with Gasteiger partial charge in [-0.2, -0.15) is 11.8 Å². The van der Waals surface area contributed by atoms with Gasteiger partial charge in [-0.05, 0) is 25.0 Å². The van der Waals surface area contributed by atoms with Crippen molar-refractivity contribution in [3.8, 4) is 0 Å². The summed E-state index contributed by atoms with van der Waals surface area (Å²) < 4.78 is 5.42. The number of hydrogen-bond acceptors (Lipinski definition) is 3. The summed E-state index contributed by atoms with van der Waals surface area (Å²) in [7, 11) is 0. The summed E-state index contributed by atoms with van der Waals surface area (Å²) in [5.41, 5.74) is 0. The Bertz CT molecular complexity index is 126. The van der Waals surface area contributed by atoms with E-state index in [1.54, 1.807) is 0 Å². The lowest BCUT2D eigenvalue weighted by atomic mass is 10.0. The van der Waals surface area contributed by atoms with Crippen molar-refractivity contribution in [2.45, 2.75) is 25.0 Å². The minimum Gasteiger partial charge on any atom is -0.381 e. The summed E-state index contributed by atoms with van der Waals surface area (Å²) in [5, 5.41) is 4.23. The van der Waals surface area contributed by atoms with E-state index < -0.39 is 0 Å². The lowest BCUT2D eigenvalue weighted by Crippen LogP contribution is -2.32. The molecule has 13 heavy (non-hydrogen) atoms. The molecule has 0 aromatic carbocycles. The van der Waals surface area contributed by atoms with E-state index in [4.69, 9.17) is 4.74 Å². The molecule has 0 aromatic heterocycles. The van der Waals surface area contributed by atoms with Crippen LogP contribution in [0.15, 0.2) is 0 Å². The Kier molecular flexibility index (Phi) is 5.83. The SMILES string of the molecule is CSC(C)CNCC1CCCOC1. The van der Waals surface area contributed by atoms with Crippen LogP contribution in [-0.4, -0.2) is 37.8 Å². The molecule has 0 aliphatic carbocycles. The van der Waals surface area contributed by atoms with Crippen LogP contribution in [0.25, 0.3) is 0 Å².